The van der Waals surface area contributed by atoms with E-state index < -0.39 is 0 Å². The van der Waals surface area contributed by atoms with Gasteiger partial charge in [0.1, 0.15) is 6.29 Å². The Balaban J connectivity index is 0. The van der Waals surface area contributed by atoms with Crippen molar-refractivity contribution >= 4 is 6.29 Å². The van der Waals surface area contributed by atoms with Gasteiger partial charge in [0.2, 0.25) is 0 Å². The Morgan fingerprint density at radius 1 is 1.23 bits per heavy atom. The average Bonchev–Trinajstić information content (AvgIpc) is 2.24. The number of aliphatic hydroxyl groups excluding tert-OH is 1. The van der Waals surface area contributed by atoms with E-state index in [0.29, 0.717) is 0 Å². The zero-order chi connectivity index (χ0) is 10.7. The van der Waals surface area contributed by atoms with Gasteiger partial charge in [-0.1, -0.05) is 37.6 Å². The van der Waals surface area contributed by atoms with E-state index in [0.717, 1.165) is 24.5 Å². The number of rotatable bonds is 1. The van der Waals surface area contributed by atoms with Crippen LogP contribution in [0.1, 0.15) is 29.8 Å². The summed E-state index contributed by atoms with van der Waals surface area (Å²) in [5, 5.41) is 7.00. The van der Waals surface area contributed by atoms with E-state index in [1.54, 1.807) is 6.07 Å². The highest BCUT2D eigenvalue weighted by Gasteiger charge is 1.86. The Morgan fingerprint density at radius 3 is 2.08 bits per heavy atom. The molecule has 0 fully saturated rings. The SMILES string of the molecule is CC.CO.Cc1cccc(C=O)c1. The summed E-state index contributed by atoms with van der Waals surface area (Å²) >= 11 is 0. The highest BCUT2D eigenvalue weighted by molar-refractivity contribution is 5.74. The van der Waals surface area contributed by atoms with Crippen molar-refractivity contribution in [3.63, 3.8) is 0 Å². The van der Waals surface area contributed by atoms with E-state index in [4.69, 9.17) is 5.11 Å². The maximum Gasteiger partial charge on any atom is 0.150 e. The molecule has 0 heterocycles. The van der Waals surface area contributed by atoms with Gasteiger partial charge in [-0.05, 0) is 13.0 Å². The van der Waals surface area contributed by atoms with Crippen LogP contribution < -0.4 is 0 Å². The number of aryl methyl sites for hydroxylation is 1. The van der Waals surface area contributed by atoms with Crippen LogP contribution in [0.25, 0.3) is 0 Å². The first-order valence-electron chi connectivity index (χ1n) is 4.29. The van der Waals surface area contributed by atoms with Crippen LogP contribution >= 0.6 is 0 Å². The van der Waals surface area contributed by atoms with Gasteiger partial charge >= 0.3 is 0 Å². The molecule has 1 aromatic carbocycles. The summed E-state index contributed by atoms with van der Waals surface area (Å²) in [6.45, 7) is 5.97. The van der Waals surface area contributed by atoms with Crippen molar-refractivity contribution in [2.45, 2.75) is 20.8 Å². The molecule has 0 aliphatic rings. The molecule has 74 valence electrons. The summed E-state index contributed by atoms with van der Waals surface area (Å²) in [6, 6.07) is 7.49. The first kappa shape index (κ1) is 14.4. The van der Waals surface area contributed by atoms with Gasteiger partial charge in [0.05, 0.1) is 0 Å². The molecule has 2 nitrogen and oxygen atoms in total. The summed E-state index contributed by atoms with van der Waals surface area (Å²) in [5.41, 5.74) is 1.87. The van der Waals surface area contributed by atoms with Crippen molar-refractivity contribution in [3.8, 4) is 0 Å². The predicted octanol–water partition coefficient (Wildman–Crippen LogP) is 2.44. The fourth-order valence-electron chi connectivity index (χ4n) is 0.743. The van der Waals surface area contributed by atoms with E-state index in [1.807, 2.05) is 39.0 Å². The molecular weight excluding hydrogens is 164 g/mol. The quantitative estimate of drug-likeness (QED) is 0.677. The normalized spacial score (nSPS) is 7.15. The average molecular weight is 182 g/mol. The Hall–Kier alpha value is -1.15. The van der Waals surface area contributed by atoms with E-state index in [-0.39, 0.29) is 0 Å². The lowest BCUT2D eigenvalue weighted by atomic mass is 10.2. The third-order valence-corrected chi connectivity index (χ3v) is 1.18. The van der Waals surface area contributed by atoms with Crippen molar-refractivity contribution in [2.24, 2.45) is 0 Å². The molecule has 13 heavy (non-hydrogen) atoms. The first-order valence-corrected chi connectivity index (χ1v) is 4.29. The molecule has 0 aliphatic heterocycles. The second-order valence-electron chi connectivity index (χ2n) is 2.03. The van der Waals surface area contributed by atoms with E-state index in [1.165, 1.54) is 0 Å². The molecule has 0 saturated heterocycles. The molecule has 1 N–H and O–H groups in total. The Bertz CT molecular complexity index is 219. The van der Waals surface area contributed by atoms with Crippen LogP contribution in [0, 0.1) is 6.92 Å². The van der Waals surface area contributed by atoms with Gasteiger partial charge in [-0.25, -0.2) is 0 Å². The smallest absolute Gasteiger partial charge is 0.150 e. The number of hydrogen-bond acceptors (Lipinski definition) is 2. The highest BCUT2D eigenvalue weighted by Crippen LogP contribution is 1.99. The number of aldehydes is 1. The number of carbonyl (C=O) groups excluding carboxylic acids is 1. The number of hydrogen-bond donors (Lipinski definition) is 1. The lowest BCUT2D eigenvalue weighted by Crippen LogP contribution is -1.78. The van der Waals surface area contributed by atoms with Gasteiger partial charge < -0.3 is 5.11 Å². The molecule has 0 aromatic heterocycles. The minimum Gasteiger partial charge on any atom is -0.400 e. The molecule has 0 bridgehead atoms. The van der Waals surface area contributed by atoms with Crippen LogP contribution in [0.15, 0.2) is 24.3 Å². The molecule has 0 atom stereocenters. The van der Waals surface area contributed by atoms with E-state index in [2.05, 4.69) is 0 Å². The molecule has 1 rings (SSSR count). The number of benzene rings is 1. The van der Waals surface area contributed by atoms with Gasteiger partial charge in [-0.2, -0.15) is 0 Å². The van der Waals surface area contributed by atoms with Crippen molar-refractivity contribution < 1.29 is 9.90 Å². The van der Waals surface area contributed by atoms with Crippen LogP contribution in [-0.2, 0) is 0 Å². The molecular formula is C11H18O2. The van der Waals surface area contributed by atoms with Gasteiger partial charge in [-0.15, -0.1) is 0 Å². The Labute approximate surface area is 80.2 Å². The van der Waals surface area contributed by atoms with Crippen molar-refractivity contribution in [1.29, 1.82) is 0 Å². The van der Waals surface area contributed by atoms with E-state index in [9.17, 15) is 4.79 Å². The minimum atomic E-state index is 0.745. The zero-order valence-electron chi connectivity index (χ0n) is 8.74. The lowest BCUT2D eigenvalue weighted by molar-refractivity contribution is 0.112. The Kier molecular flexibility index (Phi) is 12.0. The predicted molar refractivity (Wildman–Crippen MR) is 56.1 cm³/mol. The first-order chi connectivity index (χ1) is 6.33. The van der Waals surface area contributed by atoms with Gasteiger partial charge in [0.25, 0.3) is 0 Å². The fraction of sp³-hybridized carbons (Fsp3) is 0.364. The molecule has 0 amide bonds. The van der Waals surface area contributed by atoms with Gasteiger partial charge in [0, 0.05) is 12.7 Å². The number of aliphatic hydroxyl groups is 1. The summed E-state index contributed by atoms with van der Waals surface area (Å²) in [4.78, 5) is 10.2. The molecule has 0 aliphatic carbocycles. The molecule has 0 radical (unpaired) electrons. The topological polar surface area (TPSA) is 37.3 Å². The standard InChI is InChI=1S/C8H8O.C2H6.CH4O/c1-7-3-2-4-8(5-7)6-9;2*1-2/h2-6H,1H3;1-2H3;2H,1H3. The third-order valence-electron chi connectivity index (χ3n) is 1.18. The van der Waals surface area contributed by atoms with Crippen LogP contribution in [0.2, 0.25) is 0 Å². The van der Waals surface area contributed by atoms with Crippen LogP contribution in [0.3, 0.4) is 0 Å². The van der Waals surface area contributed by atoms with Gasteiger partial charge in [0.15, 0.2) is 0 Å². The van der Waals surface area contributed by atoms with Crippen LogP contribution in [0.4, 0.5) is 0 Å². The lowest BCUT2D eigenvalue weighted by Gasteiger charge is -1.89. The minimum absolute atomic E-state index is 0.745. The maximum atomic E-state index is 10.2. The second kappa shape index (κ2) is 10.8. The van der Waals surface area contributed by atoms with Crippen molar-refractivity contribution in [1.82, 2.24) is 0 Å². The summed E-state index contributed by atoms with van der Waals surface area (Å²) in [6.07, 6.45) is 0.854. The Morgan fingerprint density at radius 2 is 1.77 bits per heavy atom. The van der Waals surface area contributed by atoms with Crippen LogP contribution in [0.5, 0.6) is 0 Å². The number of carbonyl (C=O) groups is 1. The summed E-state index contributed by atoms with van der Waals surface area (Å²) in [7, 11) is 1.00. The summed E-state index contributed by atoms with van der Waals surface area (Å²) < 4.78 is 0. The third kappa shape index (κ3) is 7.22. The van der Waals surface area contributed by atoms with Crippen molar-refractivity contribution in [2.75, 3.05) is 7.11 Å². The maximum absolute atomic E-state index is 10.2. The zero-order valence-corrected chi connectivity index (χ0v) is 8.74. The van der Waals surface area contributed by atoms with E-state index >= 15 is 0 Å². The molecule has 1 aromatic rings. The molecule has 2 heteroatoms. The van der Waals surface area contributed by atoms with Crippen molar-refractivity contribution in [3.05, 3.63) is 35.4 Å². The largest absolute Gasteiger partial charge is 0.400 e. The highest BCUT2D eigenvalue weighted by atomic mass is 16.2. The van der Waals surface area contributed by atoms with Gasteiger partial charge in [-0.3, -0.25) is 4.79 Å². The molecule has 0 saturated carbocycles. The second-order valence-corrected chi connectivity index (χ2v) is 2.03. The fourth-order valence-corrected chi connectivity index (χ4v) is 0.743. The monoisotopic (exact) mass is 182 g/mol. The molecule has 0 spiro atoms. The van der Waals surface area contributed by atoms with Crippen LogP contribution in [-0.4, -0.2) is 18.5 Å². The summed E-state index contributed by atoms with van der Waals surface area (Å²) in [5.74, 6) is 0. The molecule has 0 unspecified atom stereocenters.